The third-order valence-electron chi connectivity index (χ3n) is 6.32. The Morgan fingerprint density at radius 3 is 2.60 bits per heavy atom. The summed E-state index contributed by atoms with van der Waals surface area (Å²) in [5, 5.41) is 0. The van der Waals surface area contributed by atoms with Gasteiger partial charge in [0, 0.05) is 50.2 Å². The molecule has 0 radical (unpaired) electrons. The zero-order valence-electron chi connectivity index (χ0n) is 15.8. The molecule has 138 valence electrons. The van der Waals surface area contributed by atoms with Crippen molar-refractivity contribution >= 4 is 5.91 Å². The Bertz CT molecular complexity index is 644. The minimum Gasteiger partial charge on any atom is -0.379 e. The SMILES string of the molecule is Cc1cc(C(=O)N2C[C@@H](C)[C@H](N3CCOCC3)C2)c(C)n1CC1CC1. The highest BCUT2D eigenvalue weighted by Gasteiger charge is 2.37. The standard InChI is InChI=1S/C20H31N3O2/c1-14-11-22(13-19(14)21-6-8-25-9-7-21)20(24)18-10-15(2)23(16(18)3)12-17-4-5-17/h10,14,17,19H,4-9,11-13H2,1-3H3/t14-,19-/m1/s1. The van der Waals surface area contributed by atoms with Crippen LogP contribution in [0.1, 0.15) is 41.5 Å². The van der Waals surface area contributed by atoms with Crippen LogP contribution in [0.4, 0.5) is 0 Å². The summed E-state index contributed by atoms with van der Waals surface area (Å²) in [5.41, 5.74) is 3.29. The molecular formula is C20H31N3O2. The Morgan fingerprint density at radius 2 is 1.92 bits per heavy atom. The number of amides is 1. The average molecular weight is 345 g/mol. The maximum Gasteiger partial charge on any atom is 0.255 e. The first kappa shape index (κ1) is 17.1. The quantitative estimate of drug-likeness (QED) is 0.840. The van der Waals surface area contributed by atoms with Gasteiger partial charge in [0.25, 0.3) is 5.91 Å². The third-order valence-corrected chi connectivity index (χ3v) is 6.32. The van der Waals surface area contributed by atoms with E-state index in [0.29, 0.717) is 12.0 Å². The molecule has 0 aromatic carbocycles. The predicted molar refractivity (Wildman–Crippen MR) is 97.9 cm³/mol. The second-order valence-corrected chi connectivity index (χ2v) is 8.24. The van der Waals surface area contributed by atoms with Crippen molar-refractivity contribution in [2.24, 2.45) is 11.8 Å². The number of hydrogen-bond donors (Lipinski definition) is 0. The van der Waals surface area contributed by atoms with E-state index in [4.69, 9.17) is 4.74 Å². The predicted octanol–water partition coefficient (Wildman–Crippen LogP) is 2.31. The van der Waals surface area contributed by atoms with Gasteiger partial charge in [0.15, 0.2) is 0 Å². The van der Waals surface area contributed by atoms with Crippen molar-refractivity contribution in [3.05, 3.63) is 23.0 Å². The van der Waals surface area contributed by atoms with Gasteiger partial charge in [-0.2, -0.15) is 0 Å². The van der Waals surface area contributed by atoms with Gasteiger partial charge < -0.3 is 14.2 Å². The molecule has 2 atom stereocenters. The highest BCUT2D eigenvalue weighted by Crippen LogP contribution is 2.33. The smallest absolute Gasteiger partial charge is 0.255 e. The van der Waals surface area contributed by atoms with Crippen LogP contribution < -0.4 is 0 Å². The molecule has 0 bridgehead atoms. The van der Waals surface area contributed by atoms with E-state index in [9.17, 15) is 4.79 Å². The van der Waals surface area contributed by atoms with Gasteiger partial charge >= 0.3 is 0 Å². The molecular weight excluding hydrogens is 314 g/mol. The molecule has 1 aromatic heterocycles. The molecule has 0 N–H and O–H groups in total. The molecule has 5 heteroatoms. The molecule has 3 aliphatic rings. The Hall–Kier alpha value is -1.33. The fourth-order valence-corrected chi connectivity index (χ4v) is 4.53. The van der Waals surface area contributed by atoms with E-state index in [1.165, 1.54) is 18.5 Å². The van der Waals surface area contributed by atoms with Crippen LogP contribution in [0.3, 0.4) is 0 Å². The second kappa shape index (κ2) is 6.76. The van der Waals surface area contributed by atoms with E-state index >= 15 is 0 Å². The number of hydrogen-bond acceptors (Lipinski definition) is 3. The van der Waals surface area contributed by atoms with Gasteiger partial charge in [0.1, 0.15) is 0 Å². The zero-order chi connectivity index (χ0) is 17.6. The van der Waals surface area contributed by atoms with Gasteiger partial charge in [0.2, 0.25) is 0 Å². The molecule has 1 amide bonds. The number of aryl methyl sites for hydroxylation is 1. The molecule has 2 saturated heterocycles. The Labute approximate surface area is 150 Å². The Morgan fingerprint density at radius 1 is 1.20 bits per heavy atom. The fourth-order valence-electron chi connectivity index (χ4n) is 4.53. The number of likely N-dealkylation sites (tertiary alicyclic amines) is 1. The number of nitrogens with zero attached hydrogens (tertiary/aromatic N) is 3. The first-order chi connectivity index (χ1) is 12.0. The number of carbonyl (C=O) groups is 1. The van der Waals surface area contributed by atoms with Gasteiger partial charge in [-0.1, -0.05) is 6.92 Å². The largest absolute Gasteiger partial charge is 0.379 e. The minimum absolute atomic E-state index is 0.220. The number of ether oxygens (including phenoxy) is 1. The summed E-state index contributed by atoms with van der Waals surface area (Å²) in [7, 11) is 0. The normalized spacial score (nSPS) is 27.9. The zero-order valence-corrected chi connectivity index (χ0v) is 15.8. The Balaban J connectivity index is 1.47. The fraction of sp³-hybridized carbons (Fsp3) is 0.750. The van der Waals surface area contributed by atoms with Crippen molar-refractivity contribution in [3.8, 4) is 0 Å². The Kier molecular flexibility index (Phi) is 4.63. The number of carbonyl (C=O) groups excluding carboxylic acids is 1. The molecule has 1 aliphatic carbocycles. The van der Waals surface area contributed by atoms with Crippen LogP contribution >= 0.6 is 0 Å². The van der Waals surface area contributed by atoms with E-state index in [1.807, 2.05) is 0 Å². The molecule has 3 heterocycles. The van der Waals surface area contributed by atoms with Crippen molar-refractivity contribution in [1.82, 2.24) is 14.4 Å². The summed E-state index contributed by atoms with van der Waals surface area (Å²) in [5.74, 6) is 1.57. The summed E-state index contributed by atoms with van der Waals surface area (Å²) in [4.78, 5) is 17.8. The number of aromatic nitrogens is 1. The second-order valence-electron chi connectivity index (χ2n) is 8.24. The molecule has 3 fully saturated rings. The lowest BCUT2D eigenvalue weighted by Crippen LogP contribution is -2.47. The van der Waals surface area contributed by atoms with Crippen molar-refractivity contribution in [1.29, 1.82) is 0 Å². The van der Waals surface area contributed by atoms with E-state index in [-0.39, 0.29) is 5.91 Å². The monoisotopic (exact) mass is 345 g/mol. The van der Waals surface area contributed by atoms with Crippen LogP contribution in [-0.2, 0) is 11.3 Å². The molecule has 2 aliphatic heterocycles. The van der Waals surface area contributed by atoms with E-state index in [0.717, 1.165) is 63.1 Å². The van der Waals surface area contributed by atoms with Crippen LogP contribution in [0.5, 0.6) is 0 Å². The van der Waals surface area contributed by atoms with E-state index in [2.05, 4.69) is 41.2 Å². The van der Waals surface area contributed by atoms with Gasteiger partial charge in [0.05, 0.1) is 18.8 Å². The van der Waals surface area contributed by atoms with E-state index < -0.39 is 0 Å². The molecule has 1 saturated carbocycles. The van der Waals surface area contributed by atoms with Gasteiger partial charge in [-0.25, -0.2) is 0 Å². The van der Waals surface area contributed by atoms with Crippen molar-refractivity contribution in [3.63, 3.8) is 0 Å². The number of morpholine rings is 1. The maximum atomic E-state index is 13.2. The summed E-state index contributed by atoms with van der Waals surface area (Å²) in [6.45, 7) is 13.0. The van der Waals surface area contributed by atoms with E-state index in [1.54, 1.807) is 0 Å². The highest BCUT2D eigenvalue weighted by molar-refractivity contribution is 5.96. The van der Waals surface area contributed by atoms with Gasteiger partial charge in [-0.05, 0) is 44.6 Å². The van der Waals surface area contributed by atoms with Crippen molar-refractivity contribution in [2.45, 2.75) is 46.2 Å². The molecule has 0 unspecified atom stereocenters. The third kappa shape index (κ3) is 3.36. The van der Waals surface area contributed by atoms with Crippen LogP contribution in [0.25, 0.3) is 0 Å². The first-order valence-corrected chi connectivity index (χ1v) is 9.82. The average Bonchev–Trinajstić information content (AvgIpc) is 3.29. The molecule has 25 heavy (non-hydrogen) atoms. The molecule has 0 spiro atoms. The summed E-state index contributed by atoms with van der Waals surface area (Å²) in [6.07, 6.45) is 2.68. The van der Waals surface area contributed by atoms with Crippen LogP contribution in [0.15, 0.2) is 6.07 Å². The van der Waals surface area contributed by atoms with Crippen LogP contribution in [-0.4, -0.2) is 65.7 Å². The minimum atomic E-state index is 0.220. The van der Waals surface area contributed by atoms with Crippen LogP contribution in [0, 0.1) is 25.7 Å². The lowest BCUT2D eigenvalue weighted by Gasteiger charge is -2.33. The van der Waals surface area contributed by atoms with Crippen LogP contribution in [0.2, 0.25) is 0 Å². The first-order valence-electron chi connectivity index (χ1n) is 9.82. The lowest BCUT2D eigenvalue weighted by atomic mass is 10.0. The topological polar surface area (TPSA) is 37.7 Å². The lowest BCUT2D eigenvalue weighted by molar-refractivity contribution is 0.0119. The summed E-state index contributed by atoms with van der Waals surface area (Å²) >= 11 is 0. The number of rotatable bonds is 4. The van der Waals surface area contributed by atoms with Gasteiger partial charge in [-0.3, -0.25) is 9.69 Å². The van der Waals surface area contributed by atoms with Crippen molar-refractivity contribution in [2.75, 3.05) is 39.4 Å². The maximum absolute atomic E-state index is 13.2. The summed E-state index contributed by atoms with van der Waals surface area (Å²) in [6, 6.07) is 2.58. The van der Waals surface area contributed by atoms with Gasteiger partial charge in [-0.15, -0.1) is 0 Å². The summed E-state index contributed by atoms with van der Waals surface area (Å²) < 4.78 is 7.83. The van der Waals surface area contributed by atoms with Crippen molar-refractivity contribution < 1.29 is 9.53 Å². The molecule has 4 rings (SSSR count). The highest BCUT2D eigenvalue weighted by atomic mass is 16.5. The molecule has 5 nitrogen and oxygen atoms in total. The molecule has 1 aromatic rings.